The molecule has 0 atom stereocenters. The summed E-state index contributed by atoms with van der Waals surface area (Å²) in [5.41, 5.74) is 0.546. The SMILES string of the molecule is COC(=O)c1ccc(NS(=O)(=O)N(C)CCC(=O)O)cc1. The summed E-state index contributed by atoms with van der Waals surface area (Å²) in [5, 5.41) is 8.54. The van der Waals surface area contributed by atoms with Crippen molar-refractivity contribution >= 4 is 27.8 Å². The van der Waals surface area contributed by atoms with Gasteiger partial charge in [0.25, 0.3) is 0 Å². The highest BCUT2D eigenvalue weighted by Gasteiger charge is 2.18. The highest BCUT2D eigenvalue weighted by Crippen LogP contribution is 2.13. The first-order chi connectivity index (χ1) is 9.76. The van der Waals surface area contributed by atoms with Crippen LogP contribution in [0.1, 0.15) is 16.8 Å². The van der Waals surface area contributed by atoms with Crippen LogP contribution in [0, 0.1) is 0 Å². The Balaban J connectivity index is 2.75. The fourth-order valence-electron chi connectivity index (χ4n) is 1.39. The first kappa shape index (κ1) is 16.9. The number of nitrogens with zero attached hydrogens (tertiary/aromatic N) is 1. The number of ether oxygens (including phenoxy) is 1. The number of hydrogen-bond donors (Lipinski definition) is 2. The molecule has 8 nitrogen and oxygen atoms in total. The molecule has 0 aliphatic carbocycles. The van der Waals surface area contributed by atoms with Crippen molar-refractivity contribution in [2.45, 2.75) is 6.42 Å². The number of rotatable bonds is 7. The molecule has 0 unspecified atom stereocenters. The normalized spacial score (nSPS) is 11.2. The third-order valence-electron chi connectivity index (χ3n) is 2.60. The maximum absolute atomic E-state index is 11.9. The molecule has 0 aliphatic heterocycles. The average molecular weight is 316 g/mol. The Kier molecular flexibility index (Phi) is 5.68. The van der Waals surface area contributed by atoms with Gasteiger partial charge in [-0.25, -0.2) is 4.79 Å². The minimum Gasteiger partial charge on any atom is -0.481 e. The summed E-state index contributed by atoms with van der Waals surface area (Å²) in [6, 6.07) is 5.66. The Morgan fingerprint density at radius 2 is 1.86 bits per heavy atom. The van der Waals surface area contributed by atoms with Crippen LogP contribution in [-0.2, 0) is 19.7 Å². The number of methoxy groups -OCH3 is 1. The third kappa shape index (κ3) is 5.04. The smallest absolute Gasteiger partial charge is 0.337 e. The molecule has 1 rings (SSSR count). The number of anilines is 1. The maximum atomic E-state index is 11.9. The number of carboxylic acid groups (broad SMARTS) is 1. The lowest BCUT2D eigenvalue weighted by molar-refractivity contribution is -0.137. The molecule has 9 heteroatoms. The molecule has 0 fully saturated rings. The number of carbonyl (C=O) groups excluding carboxylic acids is 1. The molecule has 0 amide bonds. The van der Waals surface area contributed by atoms with Crippen LogP contribution in [0.25, 0.3) is 0 Å². The van der Waals surface area contributed by atoms with E-state index in [2.05, 4.69) is 9.46 Å². The molecule has 0 spiro atoms. The molecule has 0 saturated heterocycles. The predicted octanol–water partition coefficient (Wildman–Crippen LogP) is 0.536. The van der Waals surface area contributed by atoms with Crippen LogP contribution in [0.4, 0.5) is 5.69 Å². The van der Waals surface area contributed by atoms with E-state index in [1.807, 2.05) is 0 Å². The van der Waals surface area contributed by atoms with E-state index in [0.717, 1.165) is 4.31 Å². The molecule has 0 aliphatic rings. The fourth-order valence-corrected chi connectivity index (χ4v) is 2.31. The van der Waals surface area contributed by atoms with E-state index in [4.69, 9.17) is 5.11 Å². The zero-order valence-electron chi connectivity index (χ0n) is 11.6. The van der Waals surface area contributed by atoms with Gasteiger partial charge in [-0.1, -0.05) is 0 Å². The minimum atomic E-state index is -3.84. The lowest BCUT2D eigenvalue weighted by atomic mass is 10.2. The summed E-state index contributed by atoms with van der Waals surface area (Å²) in [7, 11) is -1.33. The number of nitrogens with one attached hydrogen (secondary N) is 1. The molecule has 1 aromatic rings. The van der Waals surface area contributed by atoms with E-state index in [1.54, 1.807) is 0 Å². The van der Waals surface area contributed by atoms with E-state index in [1.165, 1.54) is 38.4 Å². The summed E-state index contributed by atoms with van der Waals surface area (Å²) in [4.78, 5) is 21.7. The van der Waals surface area contributed by atoms with Crippen LogP contribution in [-0.4, -0.2) is 50.5 Å². The van der Waals surface area contributed by atoms with E-state index >= 15 is 0 Å². The Bertz CT molecular complexity index is 611. The predicted molar refractivity (Wildman–Crippen MR) is 75.2 cm³/mol. The number of carbonyl (C=O) groups is 2. The standard InChI is InChI=1S/C12H16N2O6S/c1-14(8-7-11(15)16)21(18,19)13-10-5-3-9(4-6-10)12(17)20-2/h3-6,13H,7-8H2,1-2H3,(H,15,16). The van der Waals surface area contributed by atoms with Gasteiger partial charge in [-0.3, -0.25) is 9.52 Å². The molecule has 116 valence electrons. The van der Waals surface area contributed by atoms with Gasteiger partial charge in [-0.05, 0) is 24.3 Å². The second kappa shape index (κ2) is 7.04. The molecule has 2 N–H and O–H groups in total. The highest BCUT2D eigenvalue weighted by atomic mass is 32.2. The minimum absolute atomic E-state index is 0.148. The first-order valence-electron chi connectivity index (χ1n) is 5.90. The van der Waals surface area contributed by atoms with Crippen molar-refractivity contribution in [2.75, 3.05) is 25.4 Å². The Labute approximate surface area is 122 Å². The van der Waals surface area contributed by atoms with Crippen molar-refractivity contribution in [3.05, 3.63) is 29.8 Å². The Morgan fingerprint density at radius 1 is 1.29 bits per heavy atom. The monoisotopic (exact) mass is 316 g/mol. The second-order valence-corrected chi connectivity index (χ2v) is 5.92. The van der Waals surface area contributed by atoms with Crippen molar-refractivity contribution in [3.8, 4) is 0 Å². The summed E-state index contributed by atoms with van der Waals surface area (Å²) in [6.07, 6.45) is -0.293. The van der Waals surface area contributed by atoms with Gasteiger partial charge in [-0.2, -0.15) is 12.7 Å². The summed E-state index contributed by atoms with van der Waals surface area (Å²) in [6.45, 7) is -0.148. The van der Waals surface area contributed by atoms with Gasteiger partial charge in [0.05, 0.1) is 19.1 Å². The maximum Gasteiger partial charge on any atom is 0.337 e. The van der Waals surface area contributed by atoms with Crippen molar-refractivity contribution in [3.63, 3.8) is 0 Å². The van der Waals surface area contributed by atoms with Gasteiger partial charge in [0, 0.05) is 19.3 Å². The van der Waals surface area contributed by atoms with Gasteiger partial charge < -0.3 is 9.84 Å². The Morgan fingerprint density at radius 3 is 2.33 bits per heavy atom. The zero-order chi connectivity index (χ0) is 16.0. The lowest BCUT2D eigenvalue weighted by Crippen LogP contribution is -2.34. The molecular weight excluding hydrogens is 300 g/mol. The number of aliphatic carboxylic acids is 1. The largest absolute Gasteiger partial charge is 0.481 e. The summed E-state index contributed by atoms with van der Waals surface area (Å²) in [5.74, 6) is -1.61. The summed E-state index contributed by atoms with van der Waals surface area (Å²) >= 11 is 0. The van der Waals surface area contributed by atoms with Gasteiger partial charge >= 0.3 is 22.1 Å². The van der Waals surface area contributed by atoms with Crippen molar-refractivity contribution in [1.82, 2.24) is 4.31 Å². The van der Waals surface area contributed by atoms with Crippen LogP contribution in [0.5, 0.6) is 0 Å². The van der Waals surface area contributed by atoms with Crippen molar-refractivity contribution in [1.29, 1.82) is 0 Å². The number of esters is 1. The van der Waals surface area contributed by atoms with Crippen LogP contribution in [0.15, 0.2) is 24.3 Å². The summed E-state index contributed by atoms with van der Waals surface area (Å²) < 4.78 is 31.5. The van der Waals surface area contributed by atoms with Crippen LogP contribution < -0.4 is 4.72 Å². The molecule has 1 aromatic carbocycles. The first-order valence-corrected chi connectivity index (χ1v) is 7.34. The molecule has 0 saturated carbocycles. The quantitative estimate of drug-likeness (QED) is 0.710. The molecule has 0 heterocycles. The topological polar surface area (TPSA) is 113 Å². The van der Waals surface area contributed by atoms with Gasteiger partial charge in [0.15, 0.2) is 0 Å². The van der Waals surface area contributed by atoms with Crippen LogP contribution >= 0.6 is 0 Å². The van der Waals surface area contributed by atoms with Crippen LogP contribution in [0.3, 0.4) is 0 Å². The average Bonchev–Trinajstić information content (AvgIpc) is 2.44. The molecule has 0 radical (unpaired) electrons. The molecule has 0 bridgehead atoms. The van der Waals surface area contributed by atoms with Gasteiger partial charge in [0.2, 0.25) is 0 Å². The fraction of sp³-hybridized carbons (Fsp3) is 0.333. The lowest BCUT2D eigenvalue weighted by Gasteiger charge is -2.17. The molecule has 0 aromatic heterocycles. The molecular formula is C12H16N2O6S. The molecule has 21 heavy (non-hydrogen) atoms. The highest BCUT2D eigenvalue weighted by molar-refractivity contribution is 7.90. The van der Waals surface area contributed by atoms with E-state index < -0.39 is 22.1 Å². The van der Waals surface area contributed by atoms with E-state index in [0.29, 0.717) is 5.56 Å². The number of carboxylic acids is 1. The van der Waals surface area contributed by atoms with Crippen molar-refractivity contribution in [2.24, 2.45) is 0 Å². The number of hydrogen-bond acceptors (Lipinski definition) is 5. The Hall–Kier alpha value is -2.13. The van der Waals surface area contributed by atoms with Crippen molar-refractivity contribution < 1.29 is 27.9 Å². The van der Waals surface area contributed by atoms with E-state index in [9.17, 15) is 18.0 Å². The van der Waals surface area contributed by atoms with E-state index in [-0.39, 0.29) is 18.7 Å². The second-order valence-electron chi connectivity index (χ2n) is 4.14. The number of benzene rings is 1. The van der Waals surface area contributed by atoms with Gasteiger partial charge in [0.1, 0.15) is 0 Å². The zero-order valence-corrected chi connectivity index (χ0v) is 12.4. The van der Waals surface area contributed by atoms with Crippen LogP contribution in [0.2, 0.25) is 0 Å². The van der Waals surface area contributed by atoms with Gasteiger partial charge in [-0.15, -0.1) is 0 Å². The third-order valence-corrected chi connectivity index (χ3v) is 4.10.